The van der Waals surface area contributed by atoms with Crippen molar-refractivity contribution >= 4 is 17.9 Å². The molecule has 0 aromatic rings. The molecule has 0 amide bonds. The van der Waals surface area contributed by atoms with Crippen LogP contribution < -0.4 is 0 Å². The van der Waals surface area contributed by atoms with Crippen molar-refractivity contribution in [3.05, 3.63) is 47.6 Å². The molecular weight excluding hydrogens is 696 g/mol. The van der Waals surface area contributed by atoms with Crippen molar-refractivity contribution in [1.82, 2.24) is 0 Å². The fourth-order valence-corrected chi connectivity index (χ4v) is 12.2. The number of allylic oxidation sites excluding steroid dienone is 4. The lowest BCUT2D eigenvalue weighted by molar-refractivity contribution is -0.278. The molecule has 4 saturated carbocycles. The van der Waals surface area contributed by atoms with Gasteiger partial charge >= 0.3 is 17.9 Å². The fraction of sp³-hybridized carbons (Fsp3) is 0.761. The highest BCUT2D eigenvalue weighted by Crippen LogP contribution is 2.73. The minimum Gasteiger partial charge on any atom is -0.462 e. The maximum absolute atomic E-state index is 13.3. The molecule has 3 unspecified atom stereocenters. The van der Waals surface area contributed by atoms with Crippen molar-refractivity contribution in [2.45, 2.75) is 159 Å². The second kappa shape index (κ2) is 16.2. The van der Waals surface area contributed by atoms with Gasteiger partial charge in [0.15, 0.2) is 0 Å². The molecule has 0 aromatic heterocycles. The Hall–Kier alpha value is -2.75. The second-order valence-electron chi connectivity index (χ2n) is 19.4. The standard InChI is InChI=1S/C46H72O9/c1-14-18-33-43(11)21-20-35(54-39(51)29(6)16-3)44(12,27-53-38(50)28(5)15-2)32(43)19-22-45(33,13)42(10)24-31-23-41(8,9)37(55-40(52)30(7)17-4)36(49)46(31,26-47)34(48)25-42/h14-17,31-37,47-49H,1,18-27H2,2-13H3/b28-15+,29-16+,30-17+/t31?,32?,33?,34-,35+,36+,37+,42+,43+,44-,45-,46+/m1/s1. The van der Waals surface area contributed by atoms with Crippen LogP contribution in [0.5, 0.6) is 0 Å². The van der Waals surface area contributed by atoms with Crippen LogP contribution in [0.15, 0.2) is 47.6 Å². The number of carbonyl (C=O) groups excluding carboxylic acids is 3. The van der Waals surface area contributed by atoms with E-state index in [1.807, 2.05) is 33.8 Å². The molecule has 9 heteroatoms. The van der Waals surface area contributed by atoms with Gasteiger partial charge in [-0.1, -0.05) is 65.8 Å². The molecule has 0 aromatic carbocycles. The summed E-state index contributed by atoms with van der Waals surface area (Å²) < 4.78 is 18.3. The molecule has 0 heterocycles. The topological polar surface area (TPSA) is 140 Å². The van der Waals surface area contributed by atoms with Gasteiger partial charge in [-0.05, 0) is 127 Å². The van der Waals surface area contributed by atoms with Crippen LogP contribution in [0.3, 0.4) is 0 Å². The van der Waals surface area contributed by atoms with E-state index in [-0.39, 0.29) is 47.1 Å². The molecule has 0 saturated heterocycles. The van der Waals surface area contributed by atoms with Crippen LogP contribution in [0.4, 0.5) is 0 Å². The van der Waals surface area contributed by atoms with Crippen molar-refractivity contribution in [1.29, 1.82) is 0 Å². The van der Waals surface area contributed by atoms with Gasteiger partial charge in [-0.3, -0.25) is 0 Å². The van der Waals surface area contributed by atoms with E-state index in [2.05, 4.69) is 34.3 Å². The molecule has 9 nitrogen and oxygen atoms in total. The van der Waals surface area contributed by atoms with Crippen LogP contribution in [-0.4, -0.2) is 70.9 Å². The maximum atomic E-state index is 13.3. The first-order chi connectivity index (χ1) is 25.5. The Morgan fingerprint density at radius 1 is 0.782 bits per heavy atom. The molecule has 4 rings (SSSR count). The van der Waals surface area contributed by atoms with Crippen molar-refractivity contribution in [3.8, 4) is 0 Å². The van der Waals surface area contributed by atoms with Gasteiger partial charge in [-0.2, -0.15) is 0 Å². The molecule has 0 radical (unpaired) electrons. The first-order valence-corrected chi connectivity index (χ1v) is 20.6. The molecule has 0 bridgehead atoms. The van der Waals surface area contributed by atoms with Gasteiger partial charge < -0.3 is 29.5 Å². The molecule has 55 heavy (non-hydrogen) atoms. The lowest BCUT2D eigenvalue weighted by atomic mass is 9.35. The second-order valence-corrected chi connectivity index (χ2v) is 19.4. The molecule has 4 aliphatic carbocycles. The maximum Gasteiger partial charge on any atom is 0.333 e. The number of hydrogen-bond donors (Lipinski definition) is 3. The molecule has 12 atom stereocenters. The van der Waals surface area contributed by atoms with Gasteiger partial charge in [0.2, 0.25) is 0 Å². The van der Waals surface area contributed by atoms with Gasteiger partial charge in [0.1, 0.15) is 24.9 Å². The average Bonchev–Trinajstić information content (AvgIpc) is 3.13. The van der Waals surface area contributed by atoms with Crippen molar-refractivity contribution in [2.75, 3.05) is 13.2 Å². The number of aliphatic hydroxyl groups excluding tert-OH is 3. The quantitative estimate of drug-likeness (QED) is 0.0822. The van der Waals surface area contributed by atoms with E-state index >= 15 is 0 Å². The van der Waals surface area contributed by atoms with Crippen molar-refractivity contribution in [2.24, 2.45) is 50.2 Å². The summed E-state index contributed by atoms with van der Waals surface area (Å²) in [5, 5.41) is 35.6. The normalized spacial score (nSPS) is 42.0. The highest BCUT2D eigenvalue weighted by molar-refractivity contribution is 5.88. The first-order valence-electron chi connectivity index (χ1n) is 20.6. The SMILES string of the molecule is C=CCC1[C@@]2(C)CC[C@H](OC(=O)/C(C)=C/C)[C@](C)(COC(=O)/C(C)=C/C)C2CC[C@@]1(C)[C@@]1(C)CC2CC(C)(C)[C@@H](OC(=O)/C(C)=C/C)[C@H](O)[C@]2(CO)[C@H](O)C1. The zero-order chi connectivity index (χ0) is 41.5. The van der Waals surface area contributed by atoms with Crippen LogP contribution in [0.1, 0.15) is 134 Å². The van der Waals surface area contributed by atoms with E-state index in [4.69, 9.17) is 14.2 Å². The smallest absolute Gasteiger partial charge is 0.333 e. The summed E-state index contributed by atoms with van der Waals surface area (Å²) in [5.41, 5.74) is -2.03. The van der Waals surface area contributed by atoms with Crippen LogP contribution >= 0.6 is 0 Å². The summed E-state index contributed by atoms with van der Waals surface area (Å²) in [6.45, 7) is 27.6. The number of ether oxygens (including phenoxy) is 3. The van der Waals surface area contributed by atoms with E-state index in [0.717, 1.165) is 25.7 Å². The number of hydrogen-bond acceptors (Lipinski definition) is 9. The number of fused-ring (bicyclic) bond motifs is 2. The van der Waals surface area contributed by atoms with Crippen LogP contribution in [0, 0.1) is 50.2 Å². The number of rotatable bonds is 11. The van der Waals surface area contributed by atoms with E-state index in [1.165, 1.54) is 0 Å². The van der Waals surface area contributed by atoms with Gasteiger partial charge in [0.25, 0.3) is 0 Å². The van der Waals surface area contributed by atoms with E-state index in [0.29, 0.717) is 42.4 Å². The van der Waals surface area contributed by atoms with Crippen LogP contribution in [-0.2, 0) is 28.6 Å². The molecule has 4 aliphatic rings. The van der Waals surface area contributed by atoms with Crippen molar-refractivity contribution in [3.63, 3.8) is 0 Å². The molecule has 3 N–H and O–H groups in total. The van der Waals surface area contributed by atoms with E-state index in [1.54, 1.807) is 45.9 Å². The van der Waals surface area contributed by atoms with Gasteiger partial charge in [-0.15, -0.1) is 6.58 Å². The van der Waals surface area contributed by atoms with Gasteiger partial charge in [0.05, 0.1) is 18.1 Å². The zero-order valence-electron chi connectivity index (χ0n) is 35.9. The highest BCUT2D eigenvalue weighted by Gasteiger charge is 2.70. The largest absolute Gasteiger partial charge is 0.462 e. The lowest BCUT2D eigenvalue weighted by Crippen LogP contribution is -2.70. The van der Waals surface area contributed by atoms with E-state index in [9.17, 15) is 29.7 Å². The third-order valence-corrected chi connectivity index (χ3v) is 16.2. The summed E-state index contributed by atoms with van der Waals surface area (Å²) in [4.78, 5) is 39.3. The predicted octanol–water partition coefficient (Wildman–Crippen LogP) is 8.21. The number of aliphatic hydroxyl groups is 3. The Morgan fingerprint density at radius 2 is 1.35 bits per heavy atom. The summed E-state index contributed by atoms with van der Waals surface area (Å²) in [7, 11) is 0. The molecule has 310 valence electrons. The monoisotopic (exact) mass is 769 g/mol. The highest BCUT2D eigenvalue weighted by atomic mass is 16.6. The number of carbonyl (C=O) groups is 3. The Morgan fingerprint density at radius 3 is 1.89 bits per heavy atom. The Labute approximate surface area is 331 Å². The molecule has 4 fully saturated rings. The fourth-order valence-electron chi connectivity index (χ4n) is 12.2. The van der Waals surface area contributed by atoms with Crippen LogP contribution in [0.25, 0.3) is 0 Å². The summed E-state index contributed by atoms with van der Waals surface area (Å²) in [5.74, 6) is -1.35. The Bertz CT molecular complexity index is 1570. The lowest BCUT2D eigenvalue weighted by Gasteiger charge is -2.70. The van der Waals surface area contributed by atoms with Crippen LogP contribution in [0.2, 0.25) is 0 Å². The summed E-state index contributed by atoms with van der Waals surface area (Å²) >= 11 is 0. The molecule has 0 spiro atoms. The van der Waals surface area contributed by atoms with Gasteiger partial charge in [-0.25, -0.2) is 14.4 Å². The zero-order valence-corrected chi connectivity index (χ0v) is 35.9. The minimum atomic E-state index is -1.26. The third-order valence-electron chi connectivity index (χ3n) is 16.2. The summed E-state index contributed by atoms with van der Waals surface area (Å²) in [6.07, 6.45) is 8.84. The minimum absolute atomic E-state index is 0.0364. The number of esters is 3. The van der Waals surface area contributed by atoms with Gasteiger partial charge in [0, 0.05) is 27.5 Å². The first kappa shape index (κ1) is 45.0. The molecular formula is C46H72O9. The third kappa shape index (κ3) is 7.44. The predicted molar refractivity (Wildman–Crippen MR) is 214 cm³/mol. The average molecular weight is 769 g/mol. The summed E-state index contributed by atoms with van der Waals surface area (Å²) in [6, 6.07) is 0. The Balaban J connectivity index is 1.76. The van der Waals surface area contributed by atoms with Crippen molar-refractivity contribution < 1.29 is 43.9 Å². The molecule has 0 aliphatic heterocycles. The van der Waals surface area contributed by atoms with E-state index < -0.39 is 58.7 Å². The Kier molecular flexibility index (Phi) is 13.3.